The zero-order valence-electron chi connectivity index (χ0n) is 8.89. The molecule has 0 aromatic heterocycles. The first-order valence-corrected chi connectivity index (χ1v) is 5.09. The lowest BCUT2D eigenvalue weighted by atomic mass is 10.2. The van der Waals surface area contributed by atoms with Crippen molar-refractivity contribution >= 4 is 0 Å². The van der Waals surface area contributed by atoms with Crippen LogP contribution in [-0.4, -0.2) is 13.2 Å². The lowest BCUT2D eigenvalue weighted by Crippen LogP contribution is -1.99. The molecule has 0 unspecified atom stereocenters. The minimum atomic E-state index is 0.490. The quantitative estimate of drug-likeness (QED) is 0.304. The van der Waals surface area contributed by atoms with E-state index < -0.39 is 0 Å². The molecular weight excluding hydrogens is 190 g/mol. The average molecular weight is 205 g/mol. The summed E-state index contributed by atoms with van der Waals surface area (Å²) < 4.78 is 5.51. The van der Waals surface area contributed by atoms with Crippen molar-refractivity contribution in [1.29, 1.82) is 0 Å². The van der Waals surface area contributed by atoms with Crippen molar-refractivity contribution in [1.82, 2.24) is 0 Å². The van der Waals surface area contributed by atoms with Gasteiger partial charge in [-0.25, -0.2) is 0 Å². The number of rotatable bonds is 6. The molecule has 0 aliphatic heterocycles. The molecule has 0 heterocycles. The molecule has 0 fully saturated rings. The molecule has 4 heteroatoms. The zero-order valence-corrected chi connectivity index (χ0v) is 8.89. The Hall–Kier alpha value is -1.67. The Morgan fingerprint density at radius 3 is 3.07 bits per heavy atom. The molecule has 0 bridgehead atoms. The Kier molecular flexibility index (Phi) is 5.12. The van der Waals surface area contributed by atoms with Crippen LogP contribution in [0, 0.1) is 0 Å². The van der Waals surface area contributed by atoms with Crippen LogP contribution in [0.3, 0.4) is 0 Å². The van der Waals surface area contributed by atoms with Gasteiger partial charge in [-0.3, -0.25) is 0 Å². The van der Waals surface area contributed by atoms with Crippen LogP contribution in [0.15, 0.2) is 29.4 Å². The Labute approximate surface area is 89.5 Å². The lowest BCUT2D eigenvalue weighted by molar-refractivity contribution is 0.313. The van der Waals surface area contributed by atoms with Crippen molar-refractivity contribution < 1.29 is 4.74 Å². The van der Waals surface area contributed by atoms with E-state index >= 15 is 0 Å². The monoisotopic (exact) mass is 205 g/mol. The zero-order chi connectivity index (χ0) is 10.9. The Bertz CT molecular complexity index is 345. The molecule has 4 nitrogen and oxygen atoms in total. The van der Waals surface area contributed by atoms with Gasteiger partial charge in [0, 0.05) is 11.5 Å². The number of hydrogen-bond acceptors (Lipinski definition) is 2. The van der Waals surface area contributed by atoms with E-state index in [1.165, 1.54) is 5.56 Å². The molecule has 0 aliphatic carbocycles. The lowest BCUT2D eigenvalue weighted by Gasteiger charge is -2.06. The van der Waals surface area contributed by atoms with Gasteiger partial charge < -0.3 is 4.74 Å². The number of ether oxygens (including phenoxy) is 1. The van der Waals surface area contributed by atoms with E-state index in [4.69, 9.17) is 10.3 Å². The summed E-state index contributed by atoms with van der Waals surface area (Å²) in [5.74, 6) is 0.885. The van der Waals surface area contributed by atoms with Gasteiger partial charge >= 0.3 is 0 Å². The third-order valence-electron chi connectivity index (χ3n) is 2.04. The summed E-state index contributed by atoms with van der Waals surface area (Å²) in [5, 5.41) is 3.44. The Morgan fingerprint density at radius 2 is 2.33 bits per heavy atom. The van der Waals surface area contributed by atoms with Gasteiger partial charge in [0.05, 0.1) is 6.61 Å². The third kappa shape index (κ3) is 4.38. The maximum atomic E-state index is 8.07. The van der Waals surface area contributed by atoms with Gasteiger partial charge in [-0.2, -0.15) is 0 Å². The van der Waals surface area contributed by atoms with Crippen molar-refractivity contribution in [3.8, 4) is 5.75 Å². The molecule has 1 aromatic carbocycles. The van der Waals surface area contributed by atoms with Crippen LogP contribution in [-0.2, 0) is 6.42 Å². The second-order valence-corrected chi connectivity index (χ2v) is 3.16. The predicted octanol–water partition coefficient (Wildman–Crippen LogP) is 3.33. The van der Waals surface area contributed by atoms with Gasteiger partial charge in [-0.05, 0) is 36.1 Å². The van der Waals surface area contributed by atoms with Gasteiger partial charge in [0.2, 0.25) is 0 Å². The van der Waals surface area contributed by atoms with Crippen molar-refractivity contribution in [2.75, 3.05) is 13.2 Å². The van der Waals surface area contributed by atoms with Crippen molar-refractivity contribution in [2.24, 2.45) is 5.11 Å². The van der Waals surface area contributed by atoms with E-state index in [1.807, 2.05) is 18.2 Å². The standard InChI is InChI=1S/C11H15N3O/c1-2-10-5-3-6-11(9-10)15-8-4-7-13-14-12/h3,5-6,9H,2,4,7-8H2,1H3. The van der Waals surface area contributed by atoms with Crippen LogP contribution < -0.4 is 4.74 Å². The summed E-state index contributed by atoms with van der Waals surface area (Å²) in [7, 11) is 0. The summed E-state index contributed by atoms with van der Waals surface area (Å²) >= 11 is 0. The molecule has 0 radical (unpaired) electrons. The normalized spacial score (nSPS) is 9.40. The van der Waals surface area contributed by atoms with Crippen LogP contribution in [0.25, 0.3) is 10.4 Å². The fourth-order valence-electron chi connectivity index (χ4n) is 1.23. The van der Waals surface area contributed by atoms with Crippen LogP contribution in [0.1, 0.15) is 18.9 Å². The minimum absolute atomic E-state index is 0.490. The van der Waals surface area contributed by atoms with Crippen LogP contribution in [0.4, 0.5) is 0 Å². The highest BCUT2D eigenvalue weighted by molar-refractivity contribution is 5.28. The summed E-state index contributed by atoms with van der Waals surface area (Å²) in [5.41, 5.74) is 9.33. The molecule has 1 rings (SSSR count). The second-order valence-electron chi connectivity index (χ2n) is 3.16. The first-order chi connectivity index (χ1) is 7.36. The maximum absolute atomic E-state index is 8.07. The van der Waals surface area contributed by atoms with E-state index in [1.54, 1.807) is 0 Å². The number of benzene rings is 1. The van der Waals surface area contributed by atoms with Gasteiger partial charge in [0.1, 0.15) is 5.75 Å². The summed E-state index contributed by atoms with van der Waals surface area (Å²) in [6.07, 6.45) is 1.76. The molecule has 0 N–H and O–H groups in total. The number of aryl methyl sites for hydroxylation is 1. The smallest absolute Gasteiger partial charge is 0.119 e. The van der Waals surface area contributed by atoms with Crippen LogP contribution >= 0.6 is 0 Å². The summed E-state index contributed by atoms with van der Waals surface area (Å²) in [6.45, 7) is 3.19. The van der Waals surface area contributed by atoms with Crippen LogP contribution in [0.5, 0.6) is 5.75 Å². The van der Waals surface area contributed by atoms with Crippen molar-refractivity contribution in [3.63, 3.8) is 0 Å². The molecule has 1 aromatic rings. The molecule has 0 spiro atoms. The summed E-state index contributed by atoms with van der Waals surface area (Å²) in [6, 6.07) is 8.04. The van der Waals surface area contributed by atoms with E-state index in [2.05, 4.69) is 23.0 Å². The molecule has 0 amide bonds. The number of hydrogen-bond donors (Lipinski definition) is 0. The Morgan fingerprint density at radius 1 is 1.47 bits per heavy atom. The molecule has 0 atom stereocenters. The van der Waals surface area contributed by atoms with Gasteiger partial charge in [-0.1, -0.05) is 24.2 Å². The van der Waals surface area contributed by atoms with Gasteiger partial charge in [0.15, 0.2) is 0 Å². The topological polar surface area (TPSA) is 58.0 Å². The first-order valence-electron chi connectivity index (χ1n) is 5.09. The maximum Gasteiger partial charge on any atom is 0.119 e. The molecular formula is C11H15N3O. The second kappa shape index (κ2) is 6.74. The predicted molar refractivity (Wildman–Crippen MR) is 59.9 cm³/mol. The number of azide groups is 1. The fraction of sp³-hybridized carbons (Fsp3) is 0.455. The minimum Gasteiger partial charge on any atom is -0.494 e. The molecule has 80 valence electrons. The fourth-order valence-corrected chi connectivity index (χ4v) is 1.23. The van der Waals surface area contributed by atoms with E-state index in [0.717, 1.165) is 18.6 Å². The first kappa shape index (κ1) is 11.4. The van der Waals surface area contributed by atoms with E-state index in [-0.39, 0.29) is 0 Å². The molecule has 0 saturated carbocycles. The molecule has 15 heavy (non-hydrogen) atoms. The highest BCUT2D eigenvalue weighted by Crippen LogP contribution is 2.13. The molecule has 0 aliphatic rings. The average Bonchev–Trinajstić information content (AvgIpc) is 2.29. The Balaban J connectivity index is 2.33. The highest BCUT2D eigenvalue weighted by atomic mass is 16.5. The van der Waals surface area contributed by atoms with Crippen molar-refractivity contribution in [3.05, 3.63) is 40.3 Å². The van der Waals surface area contributed by atoms with Crippen molar-refractivity contribution in [2.45, 2.75) is 19.8 Å². The van der Waals surface area contributed by atoms with Crippen LogP contribution in [0.2, 0.25) is 0 Å². The third-order valence-corrected chi connectivity index (χ3v) is 2.04. The van der Waals surface area contributed by atoms with E-state index in [0.29, 0.717) is 13.2 Å². The SMILES string of the molecule is CCc1cccc(OCCCN=[N+]=[N-])c1. The summed E-state index contributed by atoms with van der Waals surface area (Å²) in [4.78, 5) is 2.68. The molecule has 0 saturated heterocycles. The van der Waals surface area contributed by atoms with E-state index in [9.17, 15) is 0 Å². The highest BCUT2D eigenvalue weighted by Gasteiger charge is 1.94. The van der Waals surface area contributed by atoms with Gasteiger partial charge in [0.25, 0.3) is 0 Å². The number of nitrogens with zero attached hydrogens (tertiary/aromatic N) is 3. The van der Waals surface area contributed by atoms with Gasteiger partial charge in [-0.15, -0.1) is 0 Å². The largest absolute Gasteiger partial charge is 0.494 e.